The molecular weight excluding hydrogens is 396 g/mol. The van der Waals surface area contributed by atoms with Crippen molar-refractivity contribution < 1.29 is 4.74 Å². The first kappa shape index (κ1) is 18.3. The van der Waals surface area contributed by atoms with E-state index in [1.54, 1.807) is 22.7 Å². The van der Waals surface area contributed by atoms with E-state index in [0.717, 1.165) is 57.4 Å². The summed E-state index contributed by atoms with van der Waals surface area (Å²) in [5, 5.41) is 2.02. The molecule has 2 aromatic heterocycles. The summed E-state index contributed by atoms with van der Waals surface area (Å²) in [4.78, 5) is 9.69. The van der Waals surface area contributed by atoms with E-state index in [1.165, 1.54) is 9.40 Å². The Balaban J connectivity index is 1.61. The predicted molar refractivity (Wildman–Crippen MR) is 124 cm³/mol. The highest BCUT2D eigenvalue weighted by Gasteiger charge is 2.13. The average Bonchev–Trinajstić information content (AvgIpc) is 3.38. The van der Waals surface area contributed by atoms with Crippen LogP contribution in [0.25, 0.3) is 41.6 Å². The molecule has 0 saturated heterocycles. The first-order valence-electron chi connectivity index (χ1n) is 9.80. The smallest absolute Gasteiger partial charge is 0.124 e. The lowest BCUT2D eigenvalue weighted by atomic mass is 10.1. The lowest BCUT2D eigenvalue weighted by Crippen LogP contribution is -1.97. The number of unbranched alkanes of at least 4 members (excludes halogenated alkanes) is 1. The number of aromatic nitrogens is 2. The van der Waals surface area contributed by atoms with Gasteiger partial charge in [-0.3, -0.25) is 0 Å². The molecule has 5 heteroatoms. The third-order valence-corrected chi connectivity index (χ3v) is 6.93. The van der Waals surface area contributed by atoms with Gasteiger partial charge in [0.2, 0.25) is 0 Å². The normalized spacial score (nSPS) is 11.3. The quantitative estimate of drug-likeness (QED) is 0.270. The maximum absolute atomic E-state index is 6.07. The van der Waals surface area contributed by atoms with Gasteiger partial charge in [-0.05, 0) is 48.9 Å². The van der Waals surface area contributed by atoms with E-state index in [1.807, 2.05) is 12.1 Å². The SMILES string of the molecule is CCCCOc1cc(-c2nc3ccccc3s2)cc(-c2nc3ccccc3s2)c1. The van der Waals surface area contributed by atoms with Crippen LogP contribution in [0, 0.1) is 0 Å². The Morgan fingerprint density at radius 3 is 1.83 bits per heavy atom. The summed E-state index contributed by atoms with van der Waals surface area (Å²) in [5.74, 6) is 0.879. The van der Waals surface area contributed by atoms with E-state index in [4.69, 9.17) is 14.7 Å². The molecule has 0 unspecified atom stereocenters. The van der Waals surface area contributed by atoms with Crippen molar-refractivity contribution in [3.05, 3.63) is 66.7 Å². The summed E-state index contributed by atoms with van der Waals surface area (Å²) >= 11 is 3.43. The molecular formula is C24H20N2OS2. The van der Waals surface area contributed by atoms with Gasteiger partial charge in [-0.2, -0.15) is 0 Å². The van der Waals surface area contributed by atoms with Crippen LogP contribution in [-0.2, 0) is 0 Å². The van der Waals surface area contributed by atoms with E-state index in [9.17, 15) is 0 Å². The average molecular weight is 417 g/mol. The van der Waals surface area contributed by atoms with Crippen molar-refractivity contribution in [3.8, 4) is 26.9 Å². The molecule has 144 valence electrons. The van der Waals surface area contributed by atoms with Crippen molar-refractivity contribution in [2.24, 2.45) is 0 Å². The lowest BCUT2D eigenvalue weighted by molar-refractivity contribution is 0.309. The van der Waals surface area contributed by atoms with Crippen LogP contribution < -0.4 is 4.74 Å². The number of ether oxygens (including phenoxy) is 1. The van der Waals surface area contributed by atoms with Crippen molar-refractivity contribution in [3.63, 3.8) is 0 Å². The maximum Gasteiger partial charge on any atom is 0.124 e. The van der Waals surface area contributed by atoms with Gasteiger partial charge in [0.25, 0.3) is 0 Å². The predicted octanol–water partition coefficient (Wildman–Crippen LogP) is 7.42. The fraction of sp³-hybridized carbons (Fsp3) is 0.167. The second-order valence-electron chi connectivity index (χ2n) is 6.92. The molecule has 0 fully saturated rings. The summed E-state index contributed by atoms with van der Waals surface area (Å²) in [7, 11) is 0. The molecule has 0 radical (unpaired) electrons. The first-order valence-corrected chi connectivity index (χ1v) is 11.4. The van der Waals surface area contributed by atoms with Gasteiger partial charge in [0.1, 0.15) is 15.8 Å². The summed E-state index contributed by atoms with van der Waals surface area (Å²) in [6.45, 7) is 2.90. The third-order valence-electron chi connectivity index (χ3n) is 4.75. The monoisotopic (exact) mass is 416 g/mol. The zero-order chi connectivity index (χ0) is 19.6. The number of benzene rings is 3. The summed E-state index contributed by atoms with van der Waals surface area (Å²) in [6.07, 6.45) is 2.16. The molecule has 0 aliphatic rings. The molecule has 0 amide bonds. The summed E-state index contributed by atoms with van der Waals surface area (Å²) in [5.41, 5.74) is 4.22. The Bertz CT molecular complexity index is 1130. The van der Waals surface area contributed by atoms with Crippen molar-refractivity contribution >= 4 is 43.1 Å². The number of nitrogens with zero attached hydrogens (tertiary/aromatic N) is 2. The van der Waals surface area contributed by atoms with Gasteiger partial charge in [-0.25, -0.2) is 9.97 Å². The minimum Gasteiger partial charge on any atom is -0.494 e. The zero-order valence-corrected chi connectivity index (χ0v) is 17.7. The van der Waals surface area contributed by atoms with Crippen LogP contribution in [0.5, 0.6) is 5.75 Å². The van der Waals surface area contributed by atoms with Gasteiger partial charge in [0, 0.05) is 11.1 Å². The van der Waals surface area contributed by atoms with E-state index in [-0.39, 0.29) is 0 Å². The van der Waals surface area contributed by atoms with Gasteiger partial charge in [0.05, 0.1) is 27.0 Å². The third kappa shape index (κ3) is 3.76. The molecule has 0 spiro atoms. The number of rotatable bonds is 6. The van der Waals surface area contributed by atoms with Crippen LogP contribution in [0.4, 0.5) is 0 Å². The topological polar surface area (TPSA) is 35.0 Å². The van der Waals surface area contributed by atoms with Gasteiger partial charge >= 0.3 is 0 Å². The number of hydrogen-bond donors (Lipinski definition) is 0. The number of fused-ring (bicyclic) bond motifs is 2. The van der Waals surface area contributed by atoms with Crippen molar-refractivity contribution in [2.75, 3.05) is 6.61 Å². The zero-order valence-electron chi connectivity index (χ0n) is 16.1. The van der Waals surface area contributed by atoms with Crippen LogP contribution in [0.15, 0.2) is 66.7 Å². The Morgan fingerprint density at radius 1 is 0.759 bits per heavy atom. The van der Waals surface area contributed by atoms with Crippen LogP contribution in [0.1, 0.15) is 19.8 Å². The van der Waals surface area contributed by atoms with Gasteiger partial charge in [-0.15, -0.1) is 22.7 Å². The Labute approximate surface area is 177 Å². The minimum atomic E-state index is 0.721. The molecule has 0 aliphatic heterocycles. The van der Waals surface area contributed by atoms with Crippen LogP contribution in [0.2, 0.25) is 0 Å². The standard InChI is InChI=1S/C24H20N2OS2/c1-2-3-12-27-18-14-16(23-25-19-8-4-6-10-21(19)28-23)13-17(15-18)24-26-20-9-5-7-11-22(20)29-24/h4-11,13-15H,2-3,12H2,1H3. The van der Waals surface area contributed by atoms with Crippen molar-refractivity contribution in [1.82, 2.24) is 9.97 Å². The fourth-order valence-corrected chi connectivity index (χ4v) is 5.16. The lowest BCUT2D eigenvalue weighted by Gasteiger charge is -2.09. The van der Waals surface area contributed by atoms with Gasteiger partial charge < -0.3 is 4.74 Å². The van der Waals surface area contributed by atoms with Gasteiger partial charge in [0.15, 0.2) is 0 Å². The number of thiazole rings is 2. The van der Waals surface area contributed by atoms with Crippen molar-refractivity contribution in [2.45, 2.75) is 19.8 Å². The Morgan fingerprint density at radius 2 is 1.31 bits per heavy atom. The van der Waals surface area contributed by atoms with E-state index in [0.29, 0.717) is 0 Å². The second kappa shape index (κ2) is 7.93. The molecule has 3 nitrogen and oxygen atoms in total. The van der Waals surface area contributed by atoms with Crippen LogP contribution in [-0.4, -0.2) is 16.6 Å². The van der Waals surface area contributed by atoms with E-state index >= 15 is 0 Å². The number of hydrogen-bond acceptors (Lipinski definition) is 5. The molecule has 2 heterocycles. The fourth-order valence-electron chi connectivity index (χ4n) is 3.26. The first-order chi connectivity index (χ1) is 14.3. The molecule has 29 heavy (non-hydrogen) atoms. The molecule has 0 atom stereocenters. The summed E-state index contributed by atoms with van der Waals surface area (Å²) in [6, 6.07) is 22.9. The summed E-state index contributed by atoms with van der Waals surface area (Å²) < 4.78 is 8.46. The van der Waals surface area contributed by atoms with Crippen LogP contribution in [0.3, 0.4) is 0 Å². The largest absolute Gasteiger partial charge is 0.494 e. The highest BCUT2D eigenvalue weighted by molar-refractivity contribution is 7.22. The molecule has 0 bridgehead atoms. The molecule has 0 N–H and O–H groups in total. The number of para-hydroxylation sites is 2. The molecule has 0 saturated carbocycles. The maximum atomic E-state index is 6.07. The van der Waals surface area contributed by atoms with E-state index < -0.39 is 0 Å². The highest BCUT2D eigenvalue weighted by Crippen LogP contribution is 2.37. The Kier molecular flexibility index (Phi) is 5.00. The second-order valence-corrected chi connectivity index (χ2v) is 8.98. The van der Waals surface area contributed by atoms with Crippen molar-refractivity contribution in [1.29, 1.82) is 0 Å². The minimum absolute atomic E-state index is 0.721. The highest BCUT2D eigenvalue weighted by atomic mass is 32.1. The Hall–Kier alpha value is -2.76. The van der Waals surface area contributed by atoms with Crippen LogP contribution >= 0.6 is 22.7 Å². The molecule has 5 aromatic rings. The molecule has 3 aromatic carbocycles. The van der Waals surface area contributed by atoms with E-state index in [2.05, 4.69) is 61.5 Å². The molecule has 0 aliphatic carbocycles. The van der Waals surface area contributed by atoms with Gasteiger partial charge in [-0.1, -0.05) is 37.6 Å². The molecule has 5 rings (SSSR count).